The predicted molar refractivity (Wildman–Crippen MR) is 277 cm³/mol. The summed E-state index contributed by atoms with van der Waals surface area (Å²) in [6.45, 7) is 4.80. The van der Waals surface area contributed by atoms with Crippen molar-refractivity contribution in [3.8, 4) is 33.4 Å². The van der Waals surface area contributed by atoms with Gasteiger partial charge in [-0.3, -0.25) is 0 Å². The van der Waals surface area contributed by atoms with Gasteiger partial charge in [0, 0.05) is 39.4 Å². The SMILES string of the molecule is CC1(C)c2cc(N(c3ccccc3)c3ccc(-c4ccc5ccccc5c4)cc3)cc(N(c3ccccc3)c3ccc(-c4ccc5ccccc5c4)cc3)c2-c2c1ccc1ccccc21. The molecule has 2 heteroatoms. The fourth-order valence-corrected chi connectivity index (χ4v) is 10.3. The van der Waals surface area contributed by atoms with Crippen LogP contribution in [0.3, 0.4) is 0 Å². The third-order valence-electron chi connectivity index (χ3n) is 13.6. The van der Waals surface area contributed by atoms with Crippen molar-refractivity contribution in [2.24, 2.45) is 0 Å². The maximum atomic E-state index is 2.48. The van der Waals surface area contributed by atoms with Gasteiger partial charge in [-0.2, -0.15) is 0 Å². The Labute approximate surface area is 380 Å². The van der Waals surface area contributed by atoms with Crippen LogP contribution in [0.1, 0.15) is 25.0 Å². The Morgan fingerprint density at radius 3 is 1.28 bits per heavy atom. The van der Waals surface area contributed by atoms with E-state index in [4.69, 9.17) is 0 Å². The van der Waals surface area contributed by atoms with Crippen molar-refractivity contribution in [3.63, 3.8) is 0 Å². The third kappa shape index (κ3) is 6.65. The van der Waals surface area contributed by atoms with E-state index >= 15 is 0 Å². The molecule has 1 aliphatic carbocycles. The summed E-state index contributed by atoms with van der Waals surface area (Å²) in [4.78, 5) is 4.91. The number of hydrogen-bond donors (Lipinski definition) is 0. The Balaban J connectivity index is 1.08. The molecule has 0 saturated heterocycles. The zero-order valence-electron chi connectivity index (χ0n) is 36.5. The molecule has 0 atom stereocenters. The highest BCUT2D eigenvalue weighted by Gasteiger charge is 2.40. The van der Waals surface area contributed by atoms with Crippen molar-refractivity contribution in [1.29, 1.82) is 0 Å². The Morgan fingerprint density at radius 2 is 0.708 bits per heavy atom. The van der Waals surface area contributed by atoms with E-state index in [1.807, 2.05) is 0 Å². The second kappa shape index (κ2) is 15.6. The molecule has 0 aliphatic heterocycles. The second-order valence-corrected chi connectivity index (χ2v) is 17.8. The number of para-hydroxylation sites is 2. The average Bonchev–Trinajstić information content (AvgIpc) is 3.60. The van der Waals surface area contributed by atoms with Crippen LogP contribution < -0.4 is 9.80 Å². The number of nitrogens with zero attached hydrogens (tertiary/aromatic N) is 2. The zero-order valence-corrected chi connectivity index (χ0v) is 36.5. The van der Waals surface area contributed by atoms with Gasteiger partial charge in [-0.25, -0.2) is 0 Å². The molecule has 0 bridgehead atoms. The largest absolute Gasteiger partial charge is 0.310 e. The minimum atomic E-state index is -0.288. The Kier molecular flexibility index (Phi) is 9.21. The molecule has 0 unspecified atom stereocenters. The quantitative estimate of drug-likeness (QED) is 0.151. The number of rotatable bonds is 8. The van der Waals surface area contributed by atoms with Gasteiger partial charge in [0.1, 0.15) is 0 Å². The Morgan fingerprint density at radius 1 is 0.277 bits per heavy atom. The summed E-state index contributed by atoms with van der Waals surface area (Å²) in [6, 6.07) is 89.0. The molecule has 0 spiro atoms. The molecular formula is C63H46N2. The molecule has 11 aromatic rings. The van der Waals surface area contributed by atoms with Crippen molar-refractivity contribution >= 4 is 66.4 Å². The Hall–Kier alpha value is -8.20. The standard InChI is InChI=1S/C63H46N2/c1-63(2)58-38-33-47-17-13-14-24-57(47)61(58)62-59(63)41-56(64(52-20-5-3-6-21-52)54-34-29-45(30-35-54)50-27-25-43-15-9-11-18-48(43)39-50)42-60(62)65(53-22-7-4-8-23-53)55-36-31-46(32-37-55)51-28-26-44-16-10-12-19-49(44)40-51/h3-42H,1-2H3. The van der Waals surface area contributed by atoms with Gasteiger partial charge in [0.05, 0.1) is 5.69 Å². The third-order valence-corrected chi connectivity index (χ3v) is 13.6. The molecule has 0 N–H and O–H groups in total. The van der Waals surface area contributed by atoms with Crippen molar-refractivity contribution in [2.45, 2.75) is 19.3 Å². The van der Waals surface area contributed by atoms with E-state index in [0.717, 1.165) is 34.1 Å². The lowest BCUT2D eigenvalue weighted by Gasteiger charge is -2.33. The van der Waals surface area contributed by atoms with Gasteiger partial charge >= 0.3 is 0 Å². The van der Waals surface area contributed by atoms with Gasteiger partial charge in [0.15, 0.2) is 0 Å². The van der Waals surface area contributed by atoms with E-state index in [9.17, 15) is 0 Å². The van der Waals surface area contributed by atoms with Crippen molar-refractivity contribution in [2.75, 3.05) is 9.80 Å². The molecule has 0 aromatic heterocycles. The van der Waals surface area contributed by atoms with Gasteiger partial charge in [0.25, 0.3) is 0 Å². The molecule has 2 nitrogen and oxygen atoms in total. The predicted octanol–water partition coefficient (Wildman–Crippen LogP) is 17.7. The van der Waals surface area contributed by atoms with Gasteiger partial charge in [0.2, 0.25) is 0 Å². The van der Waals surface area contributed by atoms with Crippen molar-refractivity contribution < 1.29 is 0 Å². The second-order valence-electron chi connectivity index (χ2n) is 17.8. The number of anilines is 6. The molecule has 11 aromatic carbocycles. The number of benzene rings is 11. The van der Waals surface area contributed by atoms with E-state index in [0.29, 0.717) is 0 Å². The summed E-state index contributed by atoms with van der Waals surface area (Å²) >= 11 is 0. The van der Waals surface area contributed by atoms with Gasteiger partial charge in [-0.15, -0.1) is 0 Å². The summed E-state index contributed by atoms with van der Waals surface area (Å²) in [5, 5.41) is 7.50. The van der Waals surface area contributed by atoms with Crippen LogP contribution in [0.5, 0.6) is 0 Å². The molecule has 1 aliphatic rings. The van der Waals surface area contributed by atoms with Crippen LogP contribution in [0.15, 0.2) is 243 Å². The lowest BCUT2D eigenvalue weighted by molar-refractivity contribution is 0.661. The van der Waals surface area contributed by atoms with Crippen LogP contribution in [-0.4, -0.2) is 0 Å². The summed E-state index contributed by atoms with van der Waals surface area (Å²) in [5.41, 5.74) is 16.4. The molecule has 12 rings (SSSR count). The monoisotopic (exact) mass is 830 g/mol. The van der Waals surface area contributed by atoms with E-state index < -0.39 is 0 Å². The van der Waals surface area contributed by atoms with Crippen LogP contribution in [-0.2, 0) is 5.41 Å². The normalized spacial score (nSPS) is 12.6. The van der Waals surface area contributed by atoms with E-state index in [1.165, 1.54) is 76.8 Å². The molecule has 65 heavy (non-hydrogen) atoms. The lowest BCUT2D eigenvalue weighted by Crippen LogP contribution is -2.18. The fourth-order valence-electron chi connectivity index (χ4n) is 10.3. The summed E-state index contributed by atoms with van der Waals surface area (Å²) in [6.07, 6.45) is 0. The maximum absolute atomic E-state index is 2.48. The van der Waals surface area contributed by atoms with Crippen LogP contribution in [0.2, 0.25) is 0 Å². The maximum Gasteiger partial charge on any atom is 0.0564 e. The molecule has 0 heterocycles. The number of fused-ring (bicyclic) bond motifs is 7. The van der Waals surface area contributed by atoms with Crippen LogP contribution in [0, 0.1) is 0 Å². The van der Waals surface area contributed by atoms with Crippen molar-refractivity contribution in [1.82, 2.24) is 0 Å². The van der Waals surface area contributed by atoms with Crippen LogP contribution in [0.25, 0.3) is 65.7 Å². The van der Waals surface area contributed by atoms with Gasteiger partial charge < -0.3 is 9.80 Å². The van der Waals surface area contributed by atoms with Crippen molar-refractivity contribution in [3.05, 3.63) is 254 Å². The van der Waals surface area contributed by atoms with E-state index in [1.54, 1.807) is 0 Å². The molecular weight excluding hydrogens is 785 g/mol. The molecule has 0 radical (unpaired) electrons. The number of hydrogen-bond acceptors (Lipinski definition) is 2. The first-order valence-electron chi connectivity index (χ1n) is 22.6. The van der Waals surface area contributed by atoms with Gasteiger partial charge in [-0.1, -0.05) is 184 Å². The molecule has 0 saturated carbocycles. The highest BCUT2D eigenvalue weighted by atomic mass is 15.2. The minimum absolute atomic E-state index is 0.288. The molecule has 308 valence electrons. The molecule has 0 fully saturated rings. The summed E-state index contributed by atoms with van der Waals surface area (Å²) in [5.74, 6) is 0. The Bertz CT molecular complexity index is 3550. The zero-order chi connectivity index (χ0) is 43.5. The topological polar surface area (TPSA) is 6.48 Å². The van der Waals surface area contributed by atoms with E-state index in [2.05, 4.69) is 266 Å². The highest BCUT2D eigenvalue weighted by Crippen LogP contribution is 2.58. The average molecular weight is 831 g/mol. The lowest BCUT2D eigenvalue weighted by atomic mass is 9.81. The fraction of sp³-hybridized carbons (Fsp3) is 0.0476. The summed E-state index contributed by atoms with van der Waals surface area (Å²) < 4.78 is 0. The first-order valence-corrected chi connectivity index (χ1v) is 22.6. The highest BCUT2D eigenvalue weighted by molar-refractivity contribution is 6.08. The van der Waals surface area contributed by atoms with E-state index in [-0.39, 0.29) is 5.41 Å². The smallest absolute Gasteiger partial charge is 0.0564 e. The van der Waals surface area contributed by atoms with Crippen LogP contribution in [0.4, 0.5) is 34.1 Å². The van der Waals surface area contributed by atoms with Crippen LogP contribution >= 0.6 is 0 Å². The molecule has 0 amide bonds. The minimum Gasteiger partial charge on any atom is -0.310 e. The first-order chi connectivity index (χ1) is 32.0. The van der Waals surface area contributed by atoms with Gasteiger partial charge in [-0.05, 0) is 144 Å². The summed E-state index contributed by atoms with van der Waals surface area (Å²) in [7, 11) is 0. The first kappa shape index (κ1) is 38.5.